The molecule has 0 atom stereocenters. The molecule has 1 aromatic carbocycles. The first-order valence-corrected chi connectivity index (χ1v) is 8.14. The van der Waals surface area contributed by atoms with Crippen LogP contribution in [-0.2, 0) is 10.0 Å². The van der Waals surface area contributed by atoms with E-state index in [2.05, 4.69) is 10.0 Å². The van der Waals surface area contributed by atoms with E-state index in [1.54, 1.807) is 0 Å². The van der Waals surface area contributed by atoms with Gasteiger partial charge in [-0.3, -0.25) is 4.72 Å². The summed E-state index contributed by atoms with van der Waals surface area (Å²) in [6.45, 7) is 4.78. The Morgan fingerprint density at radius 3 is 2.45 bits per heavy atom. The van der Waals surface area contributed by atoms with E-state index in [0.29, 0.717) is 12.5 Å². The van der Waals surface area contributed by atoms with Gasteiger partial charge in [-0.25, -0.2) is 17.2 Å². The van der Waals surface area contributed by atoms with Gasteiger partial charge in [0.15, 0.2) is 11.6 Å². The van der Waals surface area contributed by atoms with Crippen LogP contribution >= 0.6 is 0 Å². The van der Waals surface area contributed by atoms with Gasteiger partial charge in [-0.2, -0.15) is 0 Å². The van der Waals surface area contributed by atoms with Gasteiger partial charge in [0.05, 0.1) is 11.4 Å². The van der Waals surface area contributed by atoms with Crippen LogP contribution in [0.4, 0.5) is 14.5 Å². The fourth-order valence-corrected chi connectivity index (χ4v) is 2.77. The number of unbranched alkanes of at least 4 members (excludes halogenated alkanes) is 1. The SMILES string of the molecule is CC(C)NCCCCS(=O)(=O)Nc1ccc(F)c(F)c1. The number of hydrogen-bond donors (Lipinski definition) is 2. The second-order valence-electron chi connectivity index (χ2n) is 4.87. The van der Waals surface area contributed by atoms with Crippen molar-refractivity contribution in [2.24, 2.45) is 0 Å². The van der Waals surface area contributed by atoms with Crippen LogP contribution in [0.25, 0.3) is 0 Å². The molecule has 0 aliphatic heterocycles. The third-order valence-electron chi connectivity index (χ3n) is 2.59. The summed E-state index contributed by atoms with van der Waals surface area (Å²) in [7, 11) is -3.53. The topological polar surface area (TPSA) is 58.2 Å². The Kier molecular flexibility index (Phi) is 6.35. The molecule has 7 heteroatoms. The summed E-state index contributed by atoms with van der Waals surface area (Å²) >= 11 is 0. The van der Waals surface area contributed by atoms with Crippen LogP contribution in [0.15, 0.2) is 18.2 Å². The summed E-state index contributed by atoms with van der Waals surface area (Å²) in [5, 5.41) is 3.19. The van der Waals surface area contributed by atoms with E-state index in [1.165, 1.54) is 6.07 Å². The normalized spacial score (nSPS) is 11.8. The molecule has 0 aliphatic carbocycles. The summed E-state index contributed by atoms with van der Waals surface area (Å²) < 4.78 is 51.4. The predicted octanol–water partition coefficient (Wildman–Crippen LogP) is 2.48. The Hall–Kier alpha value is -1.21. The van der Waals surface area contributed by atoms with Gasteiger partial charge < -0.3 is 5.32 Å². The van der Waals surface area contributed by atoms with Crippen molar-refractivity contribution >= 4 is 15.7 Å². The van der Waals surface area contributed by atoms with Gasteiger partial charge in [-0.15, -0.1) is 0 Å². The first-order valence-electron chi connectivity index (χ1n) is 6.49. The van der Waals surface area contributed by atoms with Gasteiger partial charge in [-0.05, 0) is 31.5 Å². The molecule has 2 N–H and O–H groups in total. The molecule has 0 aliphatic rings. The molecule has 0 radical (unpaired) electrons. The van der Waals surface area contributed by atoms with Crippen molar-refractivity contribution in [3.05, 3.63) is 29.8 Å². The molecule has 114 valence electrons. The van der Waals surface area contributed by atoms with Gasteiger partial charge in [0, 0.05) is 12.1 Å². The lowest BCUT2D eigenvalue weighted by Crippen LogP contribution is -2.24. The molecule has 0 unspecified atom stereocenters. The number of anilines is 1. The van der Waals surface area contributed by atoms with Crippen molar-refractivity contribution in [3.63, 3.8) is 0 Å². The summed E-state index contributed by atoms with van der Waals surface area (Å²) in [6.07, 6.45) is 1.23. The number of rotatable bonds is 8. The van der Waals surface area contributed by atoms with E-state index in [0.717, 1.165) is 25.1 Å². The second kappa shape index (κ2) is 7.54. The van der Waals surface area contributed by atoms with Crippen molar-refractivity contribution in [2.45, 2.75) is 32.7 Å². The molecule has 0 heterocycles. The van der Waals surface area contributed by atoms with E-state index in [-0.39, 0.29) is 11.4 Å². The third kappa shape index (κ3) is 6.29. The van der Waals surface area contributed by atoms with Crippen molar-refractivity contribution in [1.29, 1.82) is 0 Å². The average Bonchev–Trinajstić information content (AvgIpc) is 2.32. The Bertz CT molecular complexity index is 533. The van der Waals surface area contributed by atoms with Gasteiger partial charge in [0.2, 0.25) is 10.0 Å². The smallest absolute Gasteiger partial charge is 0.232 e. The average molecular weight is 306 g/mol. The van der Waals surface area contributed by atoms with E-state index < -0.39 is 21.7 Å². The van der Waals surface area contributed by atoms with Crippen LogP contribution < -0.4 is 10.0 Å². The maximum absolute atomic E-state index is 13.0. The molecule has 0 fully saturated rings. The quantitative estimate of drug-likeness (QED) is 0.726. The zero-order valence-corrected chi connectivity index (χ0v) is 12.4. The number of benzene rings is 1. The molecule has 20 heavy (non-hydrogen) atoms. The van der Waals surface area contributed by atoms with Crippen LogP contribution in [0.3, 0.4) is 0 Å². The third-order valence-corrected chi connectivity index (χ3v) is 3.96. The lowest BCUT2D eigenvalue weighted by Gasteiger charge is -2.09. The van der Waals surface area contributed by atoms with Gasteiger partial charge in [0.25, 0.3) is 0 Å². The van der Waals surface area contributed by atoms with E-state index in [9.17, 15) is 17.2 Å². The highest BCUT2D eigenvalue weighted by atomic mass is 32.2. The molecular formula is C13H20F2N2O2S. The molecule has 0 saturated carbocycles. The first-order chi connectivity index (χ1) is 9.30. The van der Waals surface area contributed by atoms with Crippen LogP contribution in [0.1, 0.15) is 26.7 Å². The van der Waals surface area contributed by atoms with E-state index in [1.807, 2.05) is 13.8 Å². The Morgan fingerprint density at radius 2 is 1.85 bits per heavy atom. The zero-order valence-electron chi connectivity index (χ0n) is 11.6. The van der Waals surface area contributed by atoms with E-state index >= 15 is 0 Å². The van der Waals surface area contributed by atoms with Crippen LogP contribution in [0, 0.1) is 11.6 Å². The molecule has 1 aromatic rings. The minimum absolute atomic E-state index is 0.0317. The highest BCUT2D eigenvalue weighted by Gasteiger charge is 2.11. The Morgan fingerprint density at radius 1 is 1.15 bits per heavy atom. The maximum atomic E-state index is 13.0. The maximum Gasteiger partial charge on any atom is 0.232 e. The summed E-state index contributed by atoms with van der Waals surface area (Å²) in [5.74, 6) is -2.13. The minimum atomic E-state index is -3.53. The number of sulfonamides is 1. The van der Waals surface area contributed by atoms with Crippen LogP contribution in [0.2, 0.25) is 0 Å². The molecule has 0 aromatic heterocycles. The number of nitrogens with one attached hydrogen (secondary N) is 2. The highest BCUT2D eigenvalue weighted by molar-refractivity contribution is 7.92. The van der Waals surface area contributed by atoms with Gasteiger partial charge in [0.1, 0.15) is 0 Å². The molecule has 0 spiro atoms. The van der Waals surface area contributed by atoms with Crippen molar-refractivity contribution < 1.29 is 17.2 Å². The predicted molar refractivity (Wildman–Crippen MR) is 76.1 cm³/mol. The lowest BCUT2D eigenvalue weighted by molar-refractivity contribution is 0.509. The van der Waals surface area contributed by atoms with Gasteiger partial charge in [-0.1, -0.05) is 13.8 Å². The zero-order chi connectivity index (χ0) is 15.2. The summed E-state index contributed by atoms with van der Waals surface area (Å²) in [4.78, 5) is 0. The Labute approximate surface area is 118 Å². The highest BCUT2D eigenvalue weighted by Crippen LogP contribution is 2.14. The largest absolute Gasteiger partial charge is 0.315 e. The van der Waals surface area contributed by atoms with Crippen molar-refractivity contribution in [3.8, 4) is 0 Å². The number of hydrogen-bond acceptors (Lipinski definition) is 3. The summed E-state index contributed by atoms with van der Waals surface area (Å²) in [5.41, 5.74) is 0.0317. The van der Waals surface area contributed by atoms with Crippen molar-refractivity contribution in [2.75, 3.05) is 17.0 Å². The molecule has 1 rings (SSSR count). The molecule has 0 amide bonds. The standard InChI is InChI=1S/C13H20F2N2O2S/c1-10(2)16-7-3-4-8-20(18,19)17-11-5-6-12(14)13(15)9-11/h5-6,9-10,16-17H,3-4,7-8H2,1-2H3. The lowest BCUT2D eigenvalue weighted by atomic mass is 10.3. The fourth-order valence-electron chi connectivity index (χ4n) is 1.60. The molecule has 4 nitrogen and oxygen atoms in total. The van der Waals surface area contributed by atoms with E-state index in [4.69, 9.17) is 0 Å². The number of halogens is 2. The molecule has 0 bridgehead atoms. The first kappa shape index (κ1) is 16.8. The Balaban J connectivity index is 2.43. The fraction of sp³-hybridized carbons (Fsp3) is 0.538. The van der Waals surface area contributed by atoms with Crippen molar-refractivity contribution in [1.82, 2.24) is 5.32 Å². The second-order valence-corrected chi connectivity index (χ2v) is 6.71. The minimum Gasteiger partial charge on any atom is -0.315 e. The molecule has 0 saturated heterocycles. The van der Waals surface area contributed by atoms with Crippen LogP contribution in [-0.4, -0.2) is 26.8 Å². The van der Waals surface area contributed by atoms with Gasteiger partial charge >= 0.3 is 0 Å². The summed E-state index contributed by atoms with van der Waals surface area (Å²) in [6, 6.07) is 3.27. The molecular weight excluding hydrogens is 286 g/mol. The monoisotopic (exact) mass is 306 g/mol. The van der Waals surface area contributed by atoms with Crippen LogP contribution in [0.5, 0.6) is 0 Å².